The van der Waals surface area contributed by atoms with Crippen LogP contribution in [0, 0.1) is 0 Å². The lowest BCUT2D eigenvalue weighted by atomic mass is 10.1. The van der Waals surface area contributed by atoms with Crippen molar-refractivity contribution >= 4 is 11.7 Å². The van der Waals surface area contributed by atoms with Crippen molar-refractivity contribution < 1.29 is 14.6 Å². The average molecular weight is 249 g/mol. The zero-order chi connectivity index (χ0) is 13.1. The third-order valence-corrected chi connectivity index (χ3v) is 3.13. The molecule has 0 spiro atoms. The molecular weight excluding hydrogens is 230 g/mol. The summed E-state index contributed by atoms with van der Waals surface area (Å²) in [5, 5.41) is 8.95. The minimum absolute atomic E-state index is 0.251. The Morgan fingerprint density at radius 1 is 1.50 bits per heavy atom. The number of fused-ring (bicyclic) bond motifs is 1. The van der Waals surface area contributed by atoms with Gasteiger partial charge in [0.1, 0.15) is 0 Å². The second-order valence-electron chi connectivity index (χ2n) is 4.81. The normalized spacial score (nSPS) is 14.1. The molecule has 1 aromatic carbocycles. The number of carbonyl (C=O) groups is 1. The topological polar surface area (TPSA) is 49.8 Å². The molecule has 4 heteroatoms. The predicted octanol–water partition coefficient (Wildman–Crippen LogP) is 2.17. The molecule has 0 saturated heterocycles. The van der Waals surface area contributed by atoms with Crippen LogP contribution in [0.2, 0.25) is 0 Å². The lowest BCUT2D eigenvalue weighted by Gasteiger charge is -2.20. The van der Waals surface area contributed by atoms with E-state index in [4.69, 9.17) is 9.84 Å². The second-order valence-corrected chi connectivity index (χ2v) is 4.81. The SMILES string of the molecule is CC(C)OCCN1CCc2cc(C(=O)O)ccc21. The van der Waals surface area contributed by atoms with Crippen LogP contribution in [0.1, 0.15) is 29.8 Å². The van der Waals surface area contributed by atoms with E-state index >= 15 is 0 Å². The highest BCUT2D eigenvalue weighted by molar-refractivity contribution is 5.88. The van der Waals surface area contributed by atoms with Crippen LogP contribution < -0.4 is 4.90 Å². The molecule has 0 saturated carbocycles. The first kappa shape index (κ1) is 12.9. The summed E-state index contributed by atoms with van der Waals surface area (Å²) in [6, 6.07) is 5.35. The lowest BCUT2D eigenvalue weighted by molar-refractivity contribution is 0.0696. The van der Waals surface area contributed by atoms with Gasteiger partial charge in [0.2, 0.25) is 0 Å². The summed E-state index contributed by atoms with van der Waals surface area (Å²) in [6.45, 7) is 6.56. The van der Waals surface area contributed by atoms with Gasteiger partial charge in [-0.3, -0.25) is 0 Å². The molecule has 98 valence electrons. The number of hydrogen-bond donors (Lipinski definition) is 1. The Morgan fingerprint density at radius 3 is 2.94 bits per heavy atom. The van der Waals surface area contributed by atoms with Crippen LogP contribution in [-0.4, -0.2) is 36.9 Å². The van der Waals surface area contributed by atoms with Crippen LogP contribution in [0.15, 0.2) is 18.2 Å². The van der Waals surface area contributed by atoms with Gasteiger partial charge in [-0.15, -0.1) is 0 Å². The molecule has 0 amide bonds. The Morgan fingerprint density at radius 2 is 2.28 bits per heavy atom. The molecule has 18 heavy (non-hydrogen) atoms. The number of carboxylic acids is 1. The van der Waals surface area contributed by atoms with Gasteiger partial charge in [0.25, 0.3) is 0 Å². The van der Waals surface area contributed by atoms with Crippen LogP contribution in [0.4, 0.5) is 5.69 Å². The maximum absolute atomic E-state index is 10.9. The molecular formula is C14H19NO3. The Kier molecular flexibility index (Phi) is 3.87. The van der Waals surface area contributed by atoms with Gasteiger partial charge in [-0.25, -0.2) is 4.79 Å². The standard InChI is InChI=1S/C14H19NO3/c1-10(2)18-8-7-15-6-5-11-9-12(14(16)17)3-4-13(11)15/h3-4,9-10H,5-8H2,1-2H3,(H,16,17). The van der Waals surface area contributed by atoms with E-state index < -0.39 is 5.97 Å². The number of carboxylic acid groups (broad SMARTS) is 1. The average Bonchev–Trinajstić information content (AvgIpc) is 2.71. The number of ether oxygens (including phenoxy) is 1. The van der Waals surface area contributed by atoms with E-state index in [1.165, 1.54) is 0 Å². The van der Waals surface area contributed by atoms with Crippen LogP contribution in [0.5, 0.6) is 0 Å². The number of hydrogen-bond acceptors (Lipinski definition) is 3. The van der Waals surface area contributed by atoms with Crippen molar-refractivity contribution in [2.75, 3.05) is 24.6 Å². The van der Waals surface area contributed by atoms with Gasteiger partial charge in [0, 0.05) is 18.8 Å². The monoisotopic (exact) mass is 249 g/mol. The van der Waals surface area contributed by atoms with Crippen molar-refractivity contribution in [2.24, 2.45) is 0 Å². The van der Waals surface area contributed by atoms with E-state index in [1.807, 2.05) is 19.9 Å². The van der Waals surface area contributed by atoms with Crippen LogP contribution in [-0.2, 0) is 11.2 Å². The van der Waals surface area contributed by atoms with E-state index in [-0.39, 0.29) is 6.10 Å². The third-order valence-electron chi connectivity index (χ3n) is 3.13. The van der Waals surface area contributed by atoms with Gasteiger partial charge >= 0.3 is 5.97 Å². The zero-order valence-corrected chi connectivity index (χ0v) is 10.8. The maximum atomic E-state index is 10.9. The first-order valence-corrected chi connectivity index (χ1v) is 6.30. The van der Waals surface area contributed by atoms with Gasteiger partial charge < -0.3 is 14.7 Å². The van der Waals surface area contributed by atoms with Crippen molar-refractivity contribution in [3.8, 4) is 0 Å². The van der Waals surface area contributed by atoms with Crippen molar-refractivity contribution in [2.45, 2.75) is 26.4 Å². The van der Waals surface area contributed by atoms with Gasteiger partial charge in [-0.05, 0) is 44.0 Å². The van der Waals surface area contributed by atoms with Crippen LogP contribution in [0.3, 0.4) is 0 Å². The van der Waals surface area contributed by atoms with E-state index in [2.05, 4.69) is 4.90 Å². The van der Waals surface area contributed by atoms with Gasteiger partial charge in [-0.1, -0.05) is 0 Å². The number of nitrogens with zero attached hydrogens (tertiary/aromatic N) is 1. The van der Waals surface area contributed by atoms with Crippen LogP contribution in [0.25, 0.3) is 0 Å². The fourth-order valence-corrected chi connectivity index (χ4v) is 2.23. The van der Waals surface area contributed by atoms with Crippen molar-refractivity contribution in [3.05, 3.63) is 29.3 Å². The smallest absolute Gasteiger partial charge is 0.335 e. The molecule has 1 N–H and O–H groups in total. The molecule has 1 aliphatic rings. The Balaban J connectivity index is 2.02. The Bertz CT molecular complexity index is 443. The molecule has 0 aromatic heterocycles. The van der Waals surface area contributed by atoms with Gasteiger partial charge in [0.05, 0.1) is 18.3 Å². The lowest BCUT2D eigenvalue weighted by Crippen LogP contribution is -2.26. The maximum Gasteiger partial charge on any atom is 0.335 e. The molecule has 0 bridgehead atoms. The molecule has 1 aliphatic heterocycles. The van der Waals surface area contributed by atoms with Crippen LogP contribution >= 0.6 is 0 Å². The molecule has 0 atom stereocenters. The summed E-state index contributed by atoms with van der Waals surface area (Å²) < 4.78 is 5.54. The zero-order valence-electron chi connectivity index (χ0n) is 10.8. The molecule has 0 radical (unpaired) electrons. The highest BCUT2D eigenvalue weighted by Gasteiger charge is 2.20. The van der Waals surface area contributed by atoms with E-state index in [0.29, 0.717) is 12.2 Å². The highest BCUT2D eigenvalue weighted by atomic mass is 16.5. The molecule has 4 nitrogen and oxygen atoms in total. The number of benzene rings is 1. The quantitative estimate of drug-likeness (QED) is 0.869. The molecule has 0 unspecified atom stereocenters. The van der Waals surface area contributed by atoms with E-state index in [0.717, 1.165) is 30.8 Å². The molecule has 2 rings (SSSR count). The fraction of sp³-hybridized carbons (Fsp3) is 0.500. The van der Waals surface area contributed by atoms with Gasteiger partial charge in [0.15, 0.2) is 0 Å². The minimum atomic E-state index is -0.862. The Labute approximate surface area is 107 Å². The van der Waals surface area contributed by atoms with E-state index in [9.17, 15) is 4.79 Å². The number of aromatic carboxylic acids is 1. The largest absolute Gasteiger partial charge is 0.478 e. The fourth-order valence-electron chi connectivity index (χ4n) is 2.23. The summed E-state index contributed by atoms with van der Waals surface area (Å²) in [5.41, 5.74) is 2.64. The van der Waals surface area contributed by atoms with E-state index in [1.54, 1.807) is 12.1 Å². The number of anilines is 1. The second kappa shape index (κ2) is 5.40. The van der Waals surface area contributed by atoms with Crippen molar-refractivity contribution in [1.82, 2.24) is 0 Å². The highest BCUT2D eigenvalue weighted by Crippen LogP contribution is 2.28. The van der Waals surface area contributed by atoms with Crippen molar-refractivity contribution in [3.63, 3.8) is 0 Å². The summed E-state index contributed by atoms with van der Waals surface area (Å²) in [4.78, 5) is 13.1. The summed E-state index contributed by atoms with van der Waals surface area (Å²) in [7, 11) is 0. The first-order valence-electron chi connectivity index (χ1n) is 6.30. The Hall–Kier alpha value is -1.55. The first-order chi connectivity index (χ1) is 8.58. The predicted molar refractivity (Wildman–Crippen MR) is 70.4 cm³/mol. The summed E-state index contributed by atoms with van der Waals surface area (Å²) >= 11 is 0. The van der Waals surface area contributed by atoms with Crippen molar-refractivity contribution in [1.29, 1.82) is 0 Å². The summed E-state index contributed by atoms with van der Waals surface area (Å²) in [5.74, 6) is -0.862. The van der Waals surface area contributed by atoms with Gasteiger partial charge in [-0.2, -0.15) is 0 Å². The number of rotatable bonds is 5. The molecule has 1 aromatic rings. The third kappa shape index (κ3) is 2.82. The minimum Gasteiger partial charge on any atom is -0.478 e. The molecule has 1 heterocycles. The summed E-state index contributed by atoms with van der Waals surface area (Å²) in [6.07, 6.45) is 1.17. The molecule has 0 fully saturated rings. The molecule has 0 aliphatic carbocycles.